The van der Waals surface area contributed by atoms with Crippen molar-refractivity contribution >= 4 is 46.0 Å². The van der Waals surface area contributed by atoms with Crippen molar-refractivity contribution in [2.45, 2.75) is 63.6 Å². The number of carbonyl (C=O) groups is 2. The molecule has 6 aromatic carbocycles. The van der Waals surface area contributed by atoms with Crippen LogP contribution in [-0.2, 0) is 35.6 Å². The second-order valence-corrected chi connectivity index (χ2v) is 16.8. The van der Waals surface area contributed by atoms with Crippen molar-refractivity contribution in [2.75, 3.05) is 6.61 Å². The number of pyridine rings is 1. The average Bonchev–Trinajstić information content (AvgIpc) is 3.31. The van der Waals surface area contributed by atoms with Gasteiger partial charge in [0.05, 0.1) is 21.6 Å². The highest BCUT2D eigenvalue weighted by Crippen LogP contribution is 2.43. The lowest BCUT2D eigenvalue weighted by atomic mass is 9.89. The van der Waals surface area contributed by atoms with Gasteiger partial charge in [0.25, 0.3) is 0 Å². The van der Waals surface area contributed by atoms with E-state index in [-0.39, 0.29) is 24.5 Å². The smallest absolute Gasteiger partial charge is 0.326 e. The van der Waals surface area contributed by atoms with Gasteiger partial charge in [0.1, 0.15) is 25.0 Å². The van der Waals surface area contributed by atoms with Gasteiger partial charge >= 0.3 is 5.97 Å². The Bertz CT molecular complexity index is 2760. The molecule has 0 bridgehead atoms. The van der Waals surface area contributed by atoms with Crippen molar-refractivity contribution in [1.82, 2.24) is 15.2 Å². The maximum atomic E-state index is 14.5. The van der Waals surface area contributed by atoms with Crippen LogP contribution in [0.25, 0.3) is 22.0 Å². The van der Waals surface area contributed by atoms with Gasteiger partial charge in [0, 0.05) is 30.6 Å². The summed E-state index contributed by atoms with van der Waals surface area (Å²) < 4.78 is 18.9. The number of carbonyl (C=O) groups excluding carboxylic acids is 1. The lowest BCUT2D eigenvalue weighted by Gasteiger charge is -2.42. The molecule has 0 aliphatic carbocycles. The largest absolute Gasteiger partial charge is 0.489 e. The van der Waals surface area contributed by atoms with Crippen molar-refractivity contribution in [3.8, 4) is 28.4 Å². The van der Waals surface area contributed by atoms with Gasteiger partial charge in [-0.25, -0.2) is 4.79 Å². The number of ether oxygens (including phenoxy) is 3. The number of nitrogens with one attached hydrogen (secondary N) is 1. The molecule has 1 amide bonds. The molecule has 0 saturated heterocycles. The SMILES string of the molecule is CCC(c1ccccc1)N1Cc2cc3c(cc2CC1C(=O)NC(Cc1ccc(-c2ccnc4ccccc24)cc1)C(=O)O)OCC(c1ccc(OCc2ccc(Cl)c(Cl)c2)cc1)O3. The highest BCUT2D eigenvalue weighted by atomic mass is 35.5. The molecule has 11 heteroatoms. The van der Waals surface area contributed by atoms with E-state index >= 15 is 0 Å². The normalized spacial score (nSPS) is 16.7. The van der Waals surface area contributed by atoms with Crippen LogP contribution in [0.3, 0.4) is 0 Å². The van der Waals surface area contributed by atoms with E-state index < -0.39 is 18.1 Å². The molecule has 9 rings (SSSR count). The molecule has 3 heterocycles. The summed E-state index contributed by atoms with van der Waals surface area (Å²) in [5.41, 5.74) is 8.68. The Morgan fingerprint density at radius 1 is 0.841 bits per heavy atom. The topological polar surface area (TPSA) is 110 Å². The maximum absolute atomic E-state index is 14.5. The van der Waals surface area contributed by atoms with Gasteiger partial charge < -0.3 is 24.6 Å². The number of hydrogen-bond acceptors (Lipinski definition) is 7. The molecule has 0 radical (unpaired) electrons. The van der Waals surface area contributed by atoms with Crippen LogP contribution >= 0.6 is 23.2 Å². The number of hydrogen-bond donors (Lipinski definition) is 2. The third-order valence-electron chi connectivity index (χ3n) is 12.0. The van der Waals surface area contributed by atoms with Crippen molar-refractivity contribution in [3.63, 3.8) is 0 Å². The zero-order chi connectivity index (χ0) is 43.5. The minimum atomic E-state index is -1.13. The first-order valence-corrected chi connectivity index (χ1v) is 21.8. The number of halogens is 2. The zero-order valence-electron chi connectivity index (χ0n) is 34.5. The summed E-state index contributed by atoms with van der Waals surface area (Å²) in [7, 11) is 0. The quantitative estimate of drug-likeness (QED) is 0.118. The molecule has 0 fully saturated rings. The van der Waals surface area contributed by atoms with Crippen LogP contribution in [0.1, 0.15) is 58.9 Å². The molecule has 63 heavy (non-hydrogen) atoms. The van der Waals surface area contributed by atoms with Crippen LogP contribution in [0, 0.1) is 0 Å². The fourth-order valence-corrected chi connectivity index (χ4v) is 9.01. The number of aromatic nitrogens is 1. The summed E-state index contributed by atoms with van der Waals surface area (Å²) in [6, 6.07) is 43.3. The Morgan fingerprint density at radius 3 is 2.35 bits per heavy atom. The lowest BCUT2D eigenvalue weighted by Crippen LogP contribution is -2.55. The van der Waals surface area contributed by atoms with Gasteiger partial charge in [0.2, 0.25) is 5.91 Å². The highest BCUT2D eigenvalue weighted by Gasteiger charge is 2.39. The highest BCUT2D eigenvalue weighted by molar-refractivity contribution is 6.42. The lowest BCUT2D eigenvalue weighted by molar-refractivity contribution is -0.143. The van der Waals surface area contributed by atoms with Crippen molar-refractivity contribution in [1.29, 1.82) is 0 Å². The molecular formula is C52H45Cl2N3O6. The molecular weight excluding hydrogens is 833 g/mol. The second-order valence-electron chi connectivity index (χ2n) is 16.0. The number of benzene rings is 6. The van der Waals surface area contributed by atoms with E-state index in [9.17, 15) is 14.7 Å². The number of aliphatic carboxylic acids is 1. The molecule has 2 aliphatic heterocycles. The van der Waals surface area contributed by atoms with E-state index in [0.717, 1.165) is 61.8 Å². The summed E-state index contributed by atoms with van der Waals surface area (Å²) >= 11 is 12.2. The van der Waals surface area contributed by atoms with E-state index in [2.05, 4.69) is 34.3 Å². The van der Waals surface area contributed by atoms with Gasteiger partial charge in [0.15, 0.2) is 17.6 Å². The summed E-state index contributed by atoms with van der Waals surface area (Å²) in [5.74, 6) is 0.528. The van der Waals surface area contributed by atoms with E-state index in [0.29, 0.717) is 53.5 Å². The molecule has 9 nitrogen and oxygen atoms in total. The molecule has 318 valence electrons. The Balaban J connectivity index is 0.919. The minimum Gasteiger partial charge on any atom is -0.489 e. The number of nitrogens with zero attached hydrogens (tertiary/aromatic N) is 2. The minimum absolute atomic E-state index is 0.103. The standard InChI is InChI=1S/C52H45Cl2N3O6/c1-2-46(35-8-4-3-5-9-35)57-29-38-28-49-48(62-31-50(63-49)36-17-19-39(20-18-36)61-30-33-14-21-42(53)43(54)24-33)27-37(38)26-47(57)51(58)56-45(52(59)60)25-32-12-15-34(16-13-32)40-22-23-55-44-11-7-6-10-41(40)44/h3-24,27-28,45-47,50H,2,25-26,29-31H2,1H3,(H,56,58)(H,59,60). The van der Waals surface area contributed by atoms with Gasteiger partial charge in [-0.1, -0.05) is 121 Å². The predicted octanol–water partition coefficient (Wildman–Crippen LogP) is 11.0. The van der Waals surface area contributed by atoms with Crippen LogP contribution in [0.2, 0.25) is 10.0 Å². The number of carboxylic acid groups (broad SMARTS) is 1. The number of para-hydroxylation sites is 1. The van der Waals surface area contributed by atoms with E-state index in [1.807, 2.05) is 115 Å². The third kappa shape index (κ3) is 9.23. The van der Waals surface area contributed by atoms with Crippen LogP contribution in [-0.4, -0.2) is 45.6 Å². The fourth-order valence-electron chi connectivity index (χ4n) is 8.69. The van der Waals surface area contributed by atoms with E-state index in [1.54, 1.807) is 18.3 Å². The summed E-state index contributed by atoms with van der Waals surface area (Å²) in [6.45, 7) is 3.22. The van der Waals surface area contributed by atoms with Crippen LogP contribution in [0.4, 0.5) is 0 Å². The molecule has 0 spiro atoms. The Kier molecular flexibility index (Phi) is 12.3. The first kappa shape index (κ1) is 41.9. The van der Waals surface area contributed by atoms with Gasteiger partial charge in [-0.2, -0.15) is 0 Å². The summed E-state index contributed by atoms with van der Waals surface area (Å²) in [6.07, 6.45) is 2.69. The number of amides is 1. The first-order chi connectivity index (χ1) is 30.7. The molecule has 7 aromatic rings. The van der Waals surface area contributed by atoms with E-state index in [4.69, 9.17) is 37.4 Å². The van der Waals surface area contributed by atoms with Gasteiger partial charge in [-0.05, 0) is 106 Å². The average molecular weight is 879 g/mol. The monoisotopic (exact) mass is 877 g/mol. The van der Waals surface area contributed by atoms with E-state index in [1.165, 1.54) is 0 Å². The number of rotatable bonds is 13. The molecule has 2 aliphatic rings. The third-order valence-corrected chi connectivity index (χ3v) is 12.7. The van der Waals surface area contributed by atoms with Crippen molar-refractivity contribution in [2.24, 2.45) is 0 Å². The first-order valence-electron chi connectivity index (χ1n) is 21.1. The Labute approximate surface area is 376 Å². The molecule has 2 N–H and O–H groups in total. The molecule has 0 saturated carbocycles. The van der Waals surface area contributed by atoms with Crippen molar-refractivity contribution in [3.05, 3.63) is 189 Å². The Morgan fingerprint density at radius 2 is 1.59 bits per heavy atom. The molecule has 4 atom stereocenters. The summed E-state index contributed by atoms with van der Waals surface area (Å²) in [5, 5.41) is 15.4. The van der Waals surface area contributed by atoms with Crippen molar-refractivity contribution < 1.29 is 28.9 Å². The number of fused-ring (bicyclic) bond motifs is 3. The summed E-state index contributed by atoms with van der Waals surface area (Å²) in [4.78, 5) is 33.9. The van der Waals surface area contributed by atoms with Crippen LogP contribution in [0.5, 0.6) is 17.2 Å². The van der Waals surface area contributed by atoms with Gasteiger partial charge in [-0.3, -0.25) is 14.7 Å². The Hall–Kier alpha value is -6.39. The number of carboxylic acids is 1. The second kappa shape index (κ2) is 18.5. The predicted molar refractivity (Wildman–Crippen MR) is 246 cm³/mol. The maximum Gasteiger partial charge on any atom is 0.326 e. The van der Waals surface area contributed by atoms with Gasteiger partial charge in [-0.15, -0.1) is 0 Å². The van der Waals surface area contributed by atoms with Crippen LogP contribution in [0.15, 0.2) is 146 Å². The van der Waals surface area contributed by atoms with Crippen LogP contribution < -0.4 is 19.5 Å². The molecule has 4 unspecified atom stereocenters. The fraction of sp³-hybridized carbons (Fsp3) is 0.212. The molecule has 1 aromatic heterocycles. The zero-order valence-corrected chi connectivity index (χ0v) is 36.1.